The van der Waals surface area contributed by atoms with Gasteiger partial charge in [0.25, 0.3) is 0 Å². The first-order valence-electron chi connectivity index (χ1n) is 8.14. The molecule has 2 N–H and O–H groups in total. The zero-order valence-corrected chi connectivity index (χ0v) is 14.2. The van der Waals surface area contributed by atoms with E-state index in [0.717, 1.165) is 18.4 Å². The van der Waals surface area contributed by atoms with Crippen molar-refractivity contribution in [3.63, 3.8) is 0 Å². The number of rotatable bonds is 5. The minimum absolute atomic E-state index is 0.0653. The molecule has 2 heterocycles. The van der Waals surface area contributed by atoms with E-state index in [1.807, 2.05) is 11.4 Å². The summed E-state index contributed by atoms with van der Waals surface area (Å²) in [5, 5.41) is 7.94. The highest BCUT2D eigenvalue weighted by Crippen LogP contribution is 2.28. The smallest absolute Gasteiger partial charge is 0.315 e. The van der Waals surface area contributed by atoms with E-state index in [1.54, 1.807) is 23.5 Å². The van der Waals surface area contributed by atoms with E-state index in [-0.39, 0.29) is 24.0 Å². The molecule has 2 aromatic rings. The standard InChI is InChI=1S/C18H21FN2O2S/c19-14-5-3-13(4-6-14)17-12-15(8-10-23-17)21-18(22)20-9-7-16-2-1-11-24-16/h1-6,11,15,17H,7-10,12H2,(H2,20,21,22)/t15-,17-/m1/s1. The molecule has 128 valence electrons. The van der Waals surface area contributed by atoms with Crippen LogP contribution in [0.25, 0.3) is 0 Å². The van der Waals surface area contributed by atoms with Crippen molar-refractivity contribution >= 4 is 17.4 Å². The zero-order chi connectivity index (χ0) is 16.8. The first-order valence-corrected chi connectivity index (χ1v) is 9.02. The molecule has 0 radical (unpaired) electrons. The fourth-order valence-corrected chi connectivity index (χ4v) is 3.54. The predicted molar refractivity (Wildman–Crippen MR) is 92.7 cm³/mol. The summed E-state index contributed by atoms with van der Waals surface area (Å²) in [5.41, 5.74) is 0.945. The van der Waals surface area contributed by atoms with Gasteiger partial charge in [0.2, 0.25) is 0 Å². The van der Waals surface area contributed by atoms with Crippen LogP contribution in [0.5, 0.6) is 0 Å². The molecule has 0 unspecified atom stereocenters. The van der Waals surface area contributed by atoms with Crippen LogP contribution < -0.4 is 10.6 Å². The fourth-order valence-electron chi connectivity index (χ4n) is 2.83. The molecule has 1 saturated heterocycles. The van der Waals surface area contributed by atoms with Crippen LogP contribution in [0.15, 0.2) is 41.8 Å². The quantitative estimate of drug-likeness (QED) is 0.866. The summed E-state index contributed by atoms with van der Waals surface area (Å²) in [5.74, 6) is -0.255. The van der Waals surface area contributed by atoms with E-state index >= 15 is 0 Å². The molecule has 0 saturated carbocycles. The number of thiophene rings is 1. The van der Waals surface area contributed by atoms with Gasteiger partial charge in [-0.05, 0) is 48.4 Å². The number of amides is 2. The van der Waals surface area contributed by atoms with Gasteiger partial charge in [0, 0.05) is 24.1 Å². The van der Waals surface area contributed by atoms with Gasteiger partial charge >= 0.3 is 6.03 Å². The maximum atomic E-state index is 13.0. The molecular weight excluding hydrogens is 327 g/mol. The maximum absolute atomic E-state index is 13.0. The first kappa shape index (κ1) is 16.9. The van der Waals surface area contributed by atoms with Crippen LogP contribution in [-0.4, -0.2) is 25.2 Å². The molecule has 1 aliphatic rings. The van der Waals surface area contributed by atoms with E-state index in [0.29, 0.717) is 19.6 Å². The lowest BCUT2D eigenvalue weighted by atomic mass is 9.97. The molecule has 6 heteroatoms. The van der Waals surface area contributed by atoms with Crippen LogP contribution in [-0.2, 0) is 11.2 Å². The minimum atomic E-state index is -0.255. The topological polar surface area (TPSA) is 50.4 Å². The van der Waals surface area contributed by atoms with E-state index < -0.39 is 0 Å². The number of nitrogens with one attached hydrogen (secondary N) is 2. The Balaban J connectivity index is 1.44. The lowest BCUT2D eigenvalue weighted by molar-refractivity contribution is 0.00224. The Hall–Kier alpha value is -1.92. The van der Waals surface area contributed by atoms with Gasteiger partial charge in [-0.3, -0.25) is 0 Å². The van der Waals surface area contributed by atoms with Crippen molar-refractivity contribution in [3.05, 3.63) is 58.0 Å². The van der Waals surface area contributed by atoms with Crippen molar-refractivity contribution < 1.29 is 13.9 Å². The fraction of sp³-hybridized carbons (Fsp3) is 0.389. The SMILES string of the molecule is O=C(NCCc1cccs1)N[C@@H]1CCO[C@@H](c2ccc(F)cc2)C1. The number of urea groups is 1. The van der Waals surface area contributed by atoms with Crippen molar-refractivity contribution in [2.45, 2.75) is 31.4 Å². The Bertz CT molecular complexity index is 646. The van der Waals surface area contributed by atoms with Crippen molar-refractivity contribution in [3.8, 4) is 0 Å². The molecule has 2 atom stereocenters. The average molecular weight is 348 g/mol. The van der Waals surface area contributed by atoms with Gasteiger partial charge < -0.3 is 15.4 Å². The third kappa shape index (κ3) is 4.79. The Kier molecular flexibility index (Phi) is 5.82. The van der Waals surface area contributed by atoms with Gasteiger partial charge in [0.15, 0.2) is 0 Å². The highest BCUT2D eigenvalue weighted by molar-refractivity contribution is 7.09. The second-order valence-electron chi connectivity index (χ2n) is 5.86. The summed E-state index contributed by atoms with van der Waals surface area (Å²) in [4.78, 5) is 13.3. The molecule has 1 aliphatic heterocycles. The van der Waals surface area contributed by atoms with Crippen LogP contribution in [0, 0.1) is 5.82 Å². The Morgan fingerprint density at radius 1 is 1.29 bits per heavy atom. The van der Waals surface area contributed by atoms with Crippen molar-refractivity contribution in [2.75, 3.05) is 13.2 Å². The molecule has 4 nitrogen and oxygen atoms in total. The molecule has 1 fully saturated rings. The summed E-state index contributed by atoms with van der Waals surface area (Å²) in [6, 6.07) is 10.4. The van der Waals surface area contributed by atoms with Gasteiger partial charge in [-0.25, -0.2) is 9.18 Å². The van der Waals surface area contributed by atoms with Crippen LogP contribution in [0.3, 0.4) is 0 Å². The van der Waals surface area contributed by atoms with Crippen LogP contribution >= 0.6 is 11.3 Å². The maximum Gasteiger partial charge on any atom is 0.315 e. The Labute approximate surface area is 145 Å². The zero-order valence-electron chi connectivity index (χ0n) is 13.3. The third-order valence-corrected chi connectivity index (χ3v) is 5.03. The second kappa shape index (κ2) is 8.26. The molecule has 0 aliphatic carbocycles. The normalized spacial score (nSPS) is 20.5. The molecule has 24 heavy (non-hydrogen) atoms. The lowest BCUT2D eigenvalue weighted by Crippen LogP contribution is -2.45. The van der Waals surface area contributed by atoms with Gasteiger partial charge in [0.05, 0.1) is 6.10 Å². The highest BCUT2D eigenvalue weighted by atomic mass is 32.1. The van der Waals surface area contributed by atoms with E-state index in [1.165, 1.54) is 17.0 Å². The first-order chi connectivity index (χ1) is 11.7. The average Bonchev–Trinajstić information content (AvgIpc) is 3.09. The van der Waals surface area contributed by atoms with Crippen molar-refractivity contribution in [1.29, 1.82) is 0 Å². The van der Waals surface area contributed by atoms with Crippen LogP contribution in [0.2, 0.25) is 0 Å². The summed E-state index contributed by atoms with van der Waals surface area (Å²) in [6.07, 6.45) is 2.23. The third-order valence-electron chi connectivity index (χ3n) is 4.10. The van der Waals surface area contributed by atoms with E-state index in [2.05, 4.69) is 16.7 Å². The van der Waals surface area contributed by atoms with E-state index in [9.17, 15) is 9.18 Å². The van der Waals surface area contributed by atoms with Gasteiger partial charge in [-0.15, -0.1) is 11.3 Å². The highest BCUT2D eigenvalue weighted by Gasteiger charge is 2.25. The summed E-state index contributed by atoms with van der Waals surface area (Å²) >= 11 is 1.69. The predicted octanol–water partition coefficient (Wildman–Crippen LogP) is 3.65. The molecule has 2 amide bonds. The Morgan fingerprint density at radius 3 is 2.88 bits per heavy atom. The number of carbonyl (C=O) groups excluding carboxylic acids is 1. The van der Waals surface area contributed by atoms with Crippen molar-refractivity contribution in [2.24, 2.45) is 0 Å². The number of benzene rings is 1. The monoisotopic (exact) mass is 348 g/mol. The number of ether oxygens (including phenoxy) is 1. The summed E-state index contributed by atoms with van der Waals surface area (Å²) < 4.78 is 18.8. The van der Waals surface area contributed by atoms with Crippen molar-refractivity contribution in [1.82, 2.24) is 10.6 Å². The summed E-state index contributed by atoms with van der Waals surface area (Å²) in [6.45, 7) is 1.21. The molecule has 0 bridgehead atoms. The molecular formula is C18H21FN2O2S. The number of hydrogen-bond donors (Lipinski definition) is 2. The molecule has 1 aromatic carbocycles. The lowest BCUT2D eigenvalue weighted by Gasteiger charge is -2.30. The number of hydrogen-bond acceptors (Lipinski definition) is 3. The van der Waals surface area contributed by atoms with Gasteiger partial charge in [0.1, 0.15) is 5.82 Å². The largest absolute Gasteiger partial charge is 0.373 e. The molecule has 0 spiro atoms. The number of halogens is 1. The van der Waals surface area contributed by atoms with Gasteiger partial charge in [-0.2, -0.15) is 0 Å². The number of carbonyl (C=O) groups is 1. The van der Waals surface area contributed by atoms with Gasteiger partial charge in [-0.1, -0.05) is 18.2 Å². The molecule has 1 aromatic heterocycles. The van der Waals surface area contributed by atoms with Crippen LogP contribution in [0.4, 0.5) is 9.18 Å². The molecule has 3 rings (SSSR count). The van der Waals surface area contributed by atoms with E-state index in [4.69, 9.17) is 4.74 Å². The second-order valence-corrected chi connectivity index (χ2v) is 6.89. The minimum Gasteiger partial charge on any atom is -0.373 e. The summed E-state index contributed by atoms with van der Waals surface area (Å²) in [7, 11) is 0. The Morgan fingerprint density at radius 2 is 2.12 bits per heavy atom. The van der Waals surface area contributed by atoms with Crippen LogP contribution in [0.1, 0.15) is 29.4 Å².